The van der Waals surface area contributed by atoms with Gasteiger partial charge in [0, 0.05) is 11.4 Å². The molecule has 0 spiro atoms. The molecule has 2 aromatic carbocycles. The second-order valence-corrected chi connectivity index (χ2v) is 11.4. The van der Waals surface area contributed by atoms with E-state index in [0.717, 1.165) is 22.9 Å². The average molecular weight is 528 g/mol. The number of methoxy groups -OCH3 is 1. The summed E-state index contributed by atoms with van der Waals surface area (Å²) in [6.45, 7) is 8.60. The summed E-state index contributed by atoms with van der Waals surface area (Å²) in [5.41, 5.74) is 3.74. The lowest BCUT2D eigenvalue weighted by molar-refractivity contribution is 0.182. The molecule has 0 aliphatic heterocycles. The monoisotopic (exact) mass is 527 g/mol. The van der Waals surface area contributed by atoms with Crippen molar-refractivity contribution >= 4 is 11.3 Å². The summed E-state index contributed by atoms with van der Waals surface area (Å²) in [4.78, 5) is 3.56. The standard InChI is InChI=1S/C30H33N5O2S/c1-30(2,3)24-13-9-22(10-14-24)19-34(21-26-7-5-17-37-26)28(27-8-6-18-38-27)29-31-32-33-35(29)20-23-11-15-25(36-4)16-12-23/h5-18,28H,19-21H2,1-4H3/t28-/m0/s1. The lowest BCUT2D eigenvalue weighted by Crippen LogP contribution is -2.31. The van der Waals surface area contributed by atoms with E-state index < -0.39 is 0 Å². The zero-order valence-corrected chi connectivity index (χ0v) is 23.1. The Morgan fingerprint density at radius 2 is 1.71 bits per heavy atom. The Kier molecular flexibility index (Phi) is 7.72. The predicted octanol–water partition coefficient (Wildman–Crippen LogP) is 6.47. The van der Waals surface area contributed by atoms with Crippen molar-refractivity contribution in [3.05, 3.63) is 118 Å². The van der Waals surface area contributed by atoms with Crippen LogP contribution in [0.25, 0.3) is 0 Å². The molecule has 0 fully saturated rings. The van der Waals surface area contributed by atoms with Gasteiger partial charge in [0.25, 0.3) is 0 Å². The van der Waals surface area contributed by atoms with Crippen molar-refractivity contribution in [1.29, 1.82) is 0 Å². The van der Waals surface area contributed by atoms with Crippen molar-refractivity contribution in [3.8, 4) is 5.75 Å². The highest BCUT2D eigenvalue weighted by molar-refractivity contribution is 7.10. The summed E-state index contributed by atoms with van der Waals surface area (Å²) < 4.78 is 13.0. The normalized spacial score (nSPS) is 12.7. The molecule has 0 bridgehead atoms. The molecule has 0 unspecified atom stereocenters. The number of furan rings is 1. The molecule has 0 radical (unpaired) electrons. The average Bonchev–Trinajstić information content (AvgIpc) is 3.69. The van der Waals surface area contributed by atoms with E-state index in [4.69, 9.17) is 9.15 Å². The molecule has 0 saturated carbocycles. The molecule has 38 heavy (non-hydrogen) atoms. The van der Waals surface area contributed by atoms with E-state index in [-0.39, 0.29) is 11.5 Å². The van der Waals surface area contributed by atoms with Gasteiger partial charge in [0.05, 0.1) is 26.5 Å². The molecule has 5 aromatic rings. The lowest BCUT2D eigenvalue weighted by atomic mass is 9.86. The molecule has 0 aliphatic rings. The van der Waals surface area contributed by atoms with Crippen molar-refractivity contribution in [3.63, 3.8) is 0 Å². The first kappa shape index (κ1) is 25.9. The molecule has 7 nitrogen and oxygen atoms in total. The number of benzene rings is 2. The highest BCUT2D eigenvalue weighted by Crippen LogP contribution is 2.34. The second-order valence-electron chi connectivity index (χ2n) is 10.4. The van der Waals surface area contributed by atoms with Crippen molar-refractivity contribution in [2.24, 2.45) is 0 Å². The molecular formula is C30H33N5O2S. The van der Waals surface area contributed by atoms with Crippen LogP contribution in [0.3, 0.4) is 0 Å². The summed E-state index contributed by atoms with van der Waals surface area (Å²) in [5.74, 6) is 2.51. The molecule has 8 heteroatoms. The number of nitrogens with zero attached hydrogens (tertiary/aromatic N) is 5. The Labute approximate surface area is 227 Å². The first-order valence-electron chi connectivity index (χ1n) is 12.7. The van der Waals surface area contributed by atoms with Crippen molar-refractivity contribution in [1.82, 2.24) is 25.1 Å². The van der Waals surface area contributed by atoms with E-state index in [2.05, 4.69) is 83.0 Å². The molecule has 0 amide bonds. The highest BCUT2D eigenvalue weighted by Gasteiger charge is 2.30. The second kappa shape index (κ2) is 11.3. The maximum Gasteiger partial charge on any atom is 0.174 e. The number of hydrogen-bond donors (Lipinski definition) is 0. The van der Waals surface area contributed by atoms with Crippen LogP contribution in [0, 0.1) is 0 Å². The smallest absolute Gasteiger partial charge is 0.174 e. The zero-order chi connectivity index (χ0) is 26.5. The lowest BCUT2D eigenvalue weighted by Gasteiger charge is -2.30. The molecule has 0 N–H and O–H groups in total. The van der Waals surface area contributed by atoms with Crippen LogP contribution in [0.1, 0.15) is 60.0 Å². The minimum Gasteiger partial charge on any atom is -0.497 e. The fourth-order valence-corrected chi connectivity index (χ4v) is 5.38. The Morgan fingerprint density at radius 1 is 0.947 bits per heavy atom. The molecule has 3 aromatic heterocycles. The number of tetrazole rings is 1. The van der Waals surface area contributed by atoms with E-state index in [0.29, 0.717) is 19.6 Å². The molecule has 1 atom stereocenters. The Balaban J connectivity index is 1.51. The summed E-state index contributed by atoms with van der Waals surface area (Å²) in [6.07, 6.45) is 1.72. The summed E-state index contributed by atoms with van der Waals surface area (Å²) >= 11 is 1.71. The maximum absolute atomic E-state index is 5.79. The fourth-order valence-electron chi connectivity index (χ4n) is 4.53. The summed E-state index contributed by atoms with van der Waals surface area (Å²) in [7, 11) is 1.67. The Bertz CT molecular complexity index is 1400. The third kappa shape index (κ3) is 6.03. The molecule has 0 aliphatic carbocycles. The third-order valence-corrected chi connectivity index (χ3v) is 7.54. The Morgan fingerprint density at radius 3 is 2.34 bits per heavy atom. The van der Waals surface area contributed by atoms with Crippen molar-refractivity contribution in [2.75, 3.05) is 7.11 Å². The summed E-state index contributed by atoms with van der Waals surface area (Å²) in [6, 6.07) is 24.9. The SMILES string of the molecule is COc1ccc(Cn2nnnc2[C@H](c2cccs2)N(Cc2ccc(C(C)(C)C)cc2)Cc2ccco2)cc1. The van der Waals surface area contributed by atoms with Crippen LogP contribution in [0.4, 0.5) is 0 Å². The minimum absolute atomic E-state index is 0.107. The van der Waals surface area contributed by atoms with Gasteiger partial charge in [-0.3, -0.25) is 4.90 Å². The van der Waals surface area contributed by atoms with Crippen LogP contribution < -0.4 is 4.74 Å². The minimum atomic E-state index is -0.157. The fraction of sp³-hybridized carbons (Fsp3) is 0.300. The van der Waals surface area contributed by atoms with E-state index >= 15 is 0 Å². The molecule has 196 valence electrons. The number of rotatable bonds is 10. The van der Waals surface area contributed by atoms with Crippen molar-refractivity contribution in [2.45, 2.75) is 51.9 Å². The predicted molar refractivity (Wildman–Crippen MR) is 149 cm³/mol. The number of ether oxygens (including phenoxy) is 1. The van der Waals surface area contributed by atoms with Gasteiger partial charge in [0.1, 0.15) is 17.6 Å². The Hall–Kier alpha value is -3.75. The van der Waals surface area contributed by atoms with Gasteiger partial charge >= 0.3 is 0 Å². The molecule has 0 saturated heterocycles. The van der Waals surface area contributed by atoms with Crippen LogP contribution in [0.5, 0.6) is 5.75 Å². The topological polar surface area (TPSA) is 69.2 Å². The van der Waals surface area contributed by atoms with Gasteiger partial charge in [-0.15, -0.1) is 16.4 Å². The number of hydrogen-bond acceptors (Lipinski definition) is 7. The van der Waals surface area contributed by atoms with E-state index in [1.54, 1.807) is 24.7 Å². The van der Waals surface area contributed by atoms with Gasteiger partial charge < -0.3 is 9.15 Å². The van der Waals surface area contributed by atoms with Crippen LogP contribution in [-0.4, -0.2) is 32.2 Å². The largest absolute Gasteiger partial charge is 0.497 e. The van der Waals surface area contributed by atoms with Gasteiger partial charge in [0.15, 0.2) is 5.82 Å². The zero-order valence-electron chi connectivity index (χ0n) is 22.2. The maximum atomic E-state index is 5.79. The quantitative estimate of drug-likeness (QED) is 0.207. The number of aromatic nitrogens is 4. The third-order valence-electron chi connectivity index (χ3n) is 6.62. The number of thiophene rings is 1. The van der Waals surface area contributed by atoms with Gasteiger partial charge in [-0.05, 0) is 68.2 Å². The molecular weight excluding hydrogens is 494 g/mol. The van der Waals surface area contributed by atoms with Gasteiger partial charge in [-0.25, -0.2) is 4.68 Å². The first-order valence-corrected chi connectivity index (χ1v) is 13.6. The van der Waals surface area contributed by atoms with Gasteiger partial charge in [-0.2, -0.15) is 0 Å². The highest BCUT2D eigenvalue weighted by atomic mass is 32.1. The van der Waals surface area contributed by atoms with E-state index in [9.17, 15) is 0 Å². The first-order chi connectivity index (χ1) is 18.4. The van der Waals surface area contributed by atoms with Gasteiger partial charge in [-0.1, -0.05) is 63.2 Å². The van der Waals surface area contributed by atoms with E-state index in [1.807, 2.05) is 41.1 Å². The van der Waals surface area contributed by atoms with Crippen LogP contribution in [-0.2, 0) is 25.0 Å². The van der Waals surface area contributed by atoms with Crippen LogP contribution in [0.15, 0.2) is 88.9 Å². The van der Waals surface area contributed by atoms with Crippen LogP contribution >= 0.6 is 11.3 Å². The van der Waals surface area contributed by atoms with Gasteiger partial charge in [0.2, 0.25) is 0 Å². The van der Waals surface area contributed by atoms with Crippen LogP contribution in [0.2, 0.25) is 0 Å². The molecule has 5 rings (SSSR count). The summed E-state index contributed by atoms with van der Waals surface area (Å²) in [5, 5.41) is 15.1. The molecule has 3 heterocycles. The van der Waals surface area contributed by atoms with Crippen molar-refractivity contribution < 1.29 is 9.15 Å². The van der Waals surface area contributed by atoms with E-state index in [1.165, 1.54) is 16.0 Å².